The highest BCUT2D eigenvalue weighted by Gasteiger charge is 2.19. The van der Waals surface area contributed by atoms with Gasteiger partial charge in [0.15, 0.2) is 5.76 Å². The van der Waals surface area contributed by atoms with Crippen LogP contribution in [0.4, 0.5) is 10.1 Å². The smallest absolute Gasteiger partial charge is 0.230 e. The SMILES string of the molecule is Cc1cccc2cc(C(=O)c3cccc(F)c3N)oc12. The molecule has 0 atom stereocenters. The average molecular weight is 269 g/mol. The molecule has 20 heavy (non-hydrogen) atoms. The number of ketones is 1. The number of carbonyl (C=O) groups excluding carboxylic acids is 1. The monoisotopic (exact) mass is 269 g/mol. The molecule has 3 aromatic rings. The molecule has 0 bridgehead atoms. The van der Waals surface area contributed by atoms with Gasteiger partial charge in [-0.3, -0.25) is 4.79 Å². The van der Waals surface area contributed by atoms with Crippen molar-refractivity contribution in [1.82, 2.24) is 0 Å². The quantitative estimate of drug-likeness (QED) is 0.570. The molecule has 1 heterocycles. The Hall–Kier alpha value is -2.62. The van der Waals surface area contributed by atoms with Crippen molar-refractivity contribution in [3.8, 4) is 0 Å². The van der Waals surface area contributed by atoms with Crippen LogP contribution in [0.3, 0.4) is 0 Å². The molecular weight excluding hydrogens is 257 g/mol. The van der Waals surface area contributed by atoms with Crippen LogP contribution >= 0.6 is 0 Å². The molecule has 0 fully saturated rings. The minimum absolute atomic E-state index is 0.113. The number of aryl methyl sites for hydroxylation is 1. The predicted molar refractivity (Wildman–Crippen MR) is 75.2 cm³/mol. The normalized spacial score (nSPS) is 10.9. The van der Waals surface area contributed by atoms with E-state index in [1.54, 1.807) is 6.07 Å². The third-order valence-electron chi connectivity index (χ3n) is 3.26. The first-order valence-electron chi connectivity index (χ1n) is 6.16. The number of anilines is 1. The molecule has 0 aliphatic carbocycles. The maximum absolute atomic E-state index is 13.4. The number of carbonyl (C=O) groups is 1. The molecule has 3 nitrogen and oxygen atoms in total. The van der Waals surface area contributed by atoms with Gasteiger partial charge in [0, 0.05) is 5.39 Å². The van der Waals surface area contributed by atoms with E-state index >= 15 is 0 Å². The van der Waals surface area contributed by atoms with Crippen LogP contribution in [0.2, 0.25) is 0 Å². The summed E-state index contributed by atoms with van der Waals surface area (Å²) in [5.74, 6) is -0.868. The third-order valence-corrected chi connectivity index (χ3v) is 3.26. The molecule has 4 heteroatoms. The highest BCUT2D eigenvalue weighted by atomic mass is 19.1. The summed E-state index contributed by atoms with van der Waals surface area (Å²) in [6.45, 7) is 1.90. The van der Waals surface area contributed by atoms with Crippen LogP contribution in [-0.2, 0) is 0 Å². The van der Waals surface area contributed by atoms with Crippen molar-refractivity contribution in [3.05, 3.63) is 65.2 Å². The summed E-state index contributed by atoms with van der Waals surface area (Å²) in [6.07, 6.45) is 0. The molecule has 0 radical (unpaired) electrons. The van der Waals surface area contributed by atoms with Gasteiger partial charge in [0.2, 0.25) is 5.78 Å². The van der Waals surface area contributed by atoms with Gasteiger partial charge in [0.05, 0.1) is 11.3 Å². The molecular formula is C16H12FNO2. The van der Waals surface area contributed by atoms with Crippen molar-refractivity contribution in [1.29, 1.82) is 0 Å². The Labute approximate surface area is 114 Å². The van der Waals surface area contributed by atoms with Crippen molar-refractivity contribution in [3.63, 3.8) is 0 Å². The number of furan rings is 1. The lowest BCUT2D eigenvalue weighted by atomic mass is 10.1. The van der Waals surface area contributed by atoms with Gasteiger partial charge >= 0.3 is 0 Å². The molecule has 2 N–H and O–H groups in total. The number of hydrogen-bond donors (Lipinski definition) is 1. The maximum atomic E-state index is 13.4. The lowest BCUT2D eigenvalue weighted by Gasteiger charge is -2.03. The van der Waals surface area contributed by atoms with Gasteiger partial charge in [-0.05, 0) is 30.7 Å². The van der Waals surface area contributed by atoms with E-state index in [2.05, 4.69) is 0 Å². The van der Waals surface area contributed by atoms with Gasteiger partial charge < -0.3 is 10.2 Å². The zero-order chi connectivity index (χ0) is 14.3. The molecule has 1 aromatic heterocycles. The Balaban J connectivity index is 2.13. The Kier molecular flexibility index (Phi) is 2.79. The number of nitrogens with two attached hydrogens (primary N) is 1. The highest BCUT2D eigenvalue weighted by Crippen LogP contribution is 2.26. The van der Waals surface area contributed by atoms with Gasteiger partial charge in [-0.15, -0.1) is 0 Å². The van der Waals surface area contributed by atoms with E-state index in [-0.39, 0.29) is 17.0 Å². The first-order chi connectivity index (χ1) is 9.58. The largest absolute Gasteiger partial charge is 0.452 e. The standard InChI is InChI=1S/C16H12FNO2/c1-9-4-2-5-10-8-13(20-16(9)10)15(19)11-6-3-7-12(17)14(11)18/h2-8H,18H2,1H3. The Morgan fingerprint density at radius 3 is 2.70 bits per heavy atom. The van der Waals surface area contributed by atoms with E-state index in [9.17, 15) is 9.18 Å². The summed E-state index contributed by atoms with van der Waals surface area (Å²) in [5, 5.41) is 0.836. The summed E-state index contributed by atoms with van der Waals surface area (Å²) >= 11 is 0. The van der Waals surface area contributed by atoms with Crippen LogP contribution in [-0.4, -0.2) is 5.78 Å². The first kappa shape index (κ1) is 12.4. The van der Waals surface area contributed by atoms with E-state index in [1.165, 1.54) is 18.2 Å². The second-order valence-electron chi connectivity index (χ2n) is 4.63. The number of benzene rings is 2. The van der Waals surface area contributed by atoms with Crippen LogP contribution in [0.25, 0.3) is 11.0 Å². The molecule has 0 unspecified atom stereocenters. The zero-order valence-corrected chi connectivity index (χ0v) is 10.8. The van der Waals surface area contributed by atoms with Crippen LogP contribution in [0.5, 0.6) is 0 Å². The molecule has 0 spiro atoms. The van der Waals surface area contributed by atoms with Crippen LogP contribution in [0.1, 0.15) is 21.7 Å². The molecule has 0 amide bonds. The molecule has 3 rings (SSSR count). The lowest BCUT2D eigenvalue weighted by molar-refractivity contribution is 0.101. The third kappa shape index (κ3) is 1.86. The molecule has 2 aromatic carbocycles. The van der Waals surface area contributed by atoms with Gasteiger partial charge in [-0.1, -0.05) is 24.3 Å². The number of para-hydroxylation sites is 2. The van der Waals surface area contributed by atoms with Gasteiger partial charge in [-0.2, -0.15) is 0 Å². The van der Waals surface area contributed by atoms with Crippen LogP contribution in [0, 0.1) is 12.7 Å². The van der Waals surface area contributed by atoms with Gasteiger partial charge in [-0.25, -0.2) is 4.39 Å². The van der Waals surface area contributed by atoms with Gasteiger partial charge in [0.1, 0.15) is 11.4 Å². The summed E-state index contributed by atoms with van der Waals surface area (Å²) < 4.78 is 19.0. The van der Waals surface area contributed by atoms with Crippen LogP contribution in [0.15, 0.2) is 46.9 Å². The van der Waals surface area contributed by atoms with E-state index < -0.39 is 11.6 Å². The van der Waals surface area contributed by atoms with E-state index in [1.807, 2.05) is 25.1 Å². The maximum Gasteiger partial charge on any atom is 0.230 e. The number of rotatable bonds is 2. The van der Waals surface area contributed by atoms with Crippen molar-refractivity contribution in [2.75, 3.05) is 5.73 Å². The first-order valence-corrected chi connectivity index (χ1v) is 6.16. The molecule has 0 saturated heterocycles. The molecule has 100 valence electrons. The number of hydrogen-bond acceptors (Lipinski definition) is 3. The fourth-order valence-electron chi connectivity index (χ4n) is 2.19. The minimum Gasteiger partial charge on any atom is -0.452 e. The summed E-state index contributed by atoms with van der Waals surface area (Å²) in [4.78, 5) is 12.4. The summed E-state index contributed by atoms with van der Waals surface area (Å²) in [7, 11) is 0. The topological polar surface area (TPSA) is 56.2 Å². The lowest BCUT2D eigenvalue weighted by Crippen LogP contribution is -2.05. The Morgan fingerprint density at radius 2 is 1.95 bits per heavy atom. The highest BCUT2D eigenvalue weighted by molar-refractivity contribution is 6.12. The van der Waals surface area contributed by atoms with Crippen molar-refractivity contribution in [2.24, 2.45) is 0 Å². The minimum atomic E-state index is -0.608. The zero-order valence-electron chi connectivity index (χ0n) is 10.8. The van der Waals surface area contributed by atoms with Crippen LogP contribution < -0.4 is 5.73 Å². The summed E-state index contributed by atoms with van der Waals surface area (Å²) in [6, 6.07) is 11.4. The average Bonchev–Trinajstić information content (AvgIpc) is 2.87. The number of fused-ring (bicyclic) bond motifs is 1. The van der Waals surface area contributed by atoms with E-state index in [0.29, 0.717) is 5.58 Å². The number of halogens is 1. The molecule has 0 aliphatic rings. The second kappa shape index (κ2) is 4.49. The van der Waals surface area contributed by atoms with Crippen molar-refractivity contribution in [2.45, 2.75) is 6.92 Å². The summed E-state index contributed by atoms with van der Waals surface area (Å²) in [5.41, 5.74) is 7.16. The Morgan fingerprint density at radius 1 is 1.20 bits per heavy atom. The van der Waals surface area contributed by atoms with Crippen molar-refractivity contribution < 1.29 is 13.6 Å². The predicted octanol–water partition coefficient (Wildman–Crippen LogP) is 3.69. The molecule has 0 aliphatic heterocycles. The second-order valence-corrected chi connectivity index (χ2v) is 4.63. The van der Waals surface area contributed by atoms with E-state index in [4.69, 9.17) is 10.2 Å². The van der Waals surface area contributed by atoms with Crippen molar-refractivity contribution >= 4 is 22.4 Å². The van der Waals surface area contributed by atoms with E-state index in [0.717, 1.165) is 10.9 Å². The van der Waals surface area contributed by atoms with Gasteiger partial charge in [0.25, 0.3) is 0 Å². The molecule has 0 saturated carbocycles. The number of nitrogen functional groups attached to an aromatic ring is 1. The fraction of sp³-hybridized carbons (Fsp3) is 0.0625. The fourth-order valence-corrected chi connectivity index (χ4v) is 2.19. The Bertz CT molecular complexity index is 820.